The van der Waals surface area contributed by atoms with E-state index in [0.717, 1.165) is 6.92 Å². The third-order valence-corrected chi connectivity index (χ3v) is 1.09. The molecule has 1 atom stereocenters. The molecule has 0 fully saturated rings. The zero-order valence-corrected chi connectivity index (χ0v) is 5.27. The molecule has 2 nitrogen and oxygen atoms in total. The Morgan fingerprint density at radius 3 is 2.22 bits per heavy atom. The van der Waals surface area contributed by atoms with Gasteiger partial charge in [-0.25, -0.2) is 8.78 Å². The summed E-state index contributed by atoms with van der Waals surface area (Å²) < 4.78 is 24.1. The second-order valence-corrected chi connectivity index (χ2v) is 2.08. The lowest BCUT2D eigenvalue weighted by Gasteiger charge is -2.17. The van der Waals surface area contributed by atoms with Crippen molar-refractivity contribution >= 4 is 0 Å². The number of aliphatic hydroxyl groups is 1. The fourth-order valence-electron chi connectivity index (χ4n) is 0.393. The van der Waals surface area contributed by atoms with E-state index in [9.17, 15) is 8.78 Å². The smallest absolute Gasteiger partial charge is 0.260 e. The molecule has 0 heterocycles. The standard InChI is InChI=1S/C5H11F2NO/c1-5(6,7)4(8)2-3-9/h4,9H,2-3,8H2,1H3. The largest absolute Gasteiger partial charge is 0.396 e. The van der Waals surface area contributed by atoms with Crippen molar-refractivity contribution in [1.82, 2.24) is 0 Å². The Hall–Kier alpha value is -0.220. The third kappa shape index (κ3) is 3.37. The van der Waals surface area contributed by atoms with Gasteiger partial charge in [0.15, 0.2) is 0 Å². The van der Waals surface area contributed by atoms with Gasteiger partial charge in [0.1, 0.15) is 0 Å². The van der Waals surface area contributed by atoms with Crippen LogP contribution >= 0.6 is 0 Å². The van der Waals surface area contributed by atoms with Crippen LogP contribution in [0.2, 0.25) is 0 Å². The van der Waals surface area contributed by atoms with Gasteiger partial charge < -0.3 is 10.8 Å². The molecule has 0 aliphatic rings. The monoisotopic (exact) mass is 139 g/mol. The highest BCUT2D eigenvalue weighted by Crippen LogP contribution is 2.16. The second-order valence-electron chi connectivity index (χ2n) is 2.08. The lowest BCUT2D eigenvalue weighted by atomic mass is 10.1. The zero-order chi connectivity index (χ0) is 7.49. The molecule has 1 unspecified atom stereocenters. The van der Waals surface area contributed by atoms with Gasteiger partial charge in [-0.15, -0.1) is 0 Å². The van der Waals surface area contributed by atoms with E-state index in [1.807, 2.05) is 0 Å². The first kappa shape index (κ1) is 8.78. The molecule has 3 N–H and O–H groups in total. The van der Waals surface area contributed by atoms with Crippen LogP contribution in [0.15, 0.2) is 0 Å². The minimum Gasteiger partial charge on any atom is -0.396 e. The topological polar surface area (TPSA) is 46.2 Å². The Morgan fingerprint density at radius 1 is 1.67 bits per heavy atom. The highest BCUT2D eigenvalue weighted by Gasteiger charge is 2.29. The maximum Gasteiger partial charge on any atom is 0.260 e. The average molecular weight is 139 g/mol. The van der Waals surface area contributed by atoms with Gasteiger partial charge in [-0.1, -0.05) is 0 Å². The molecule has 0 rings (SSSR count). The Morgan fingerprint density at radius 2 is 2.11 bits per heavy atom. The molecule has 0 aromatic rings. The molecule has 56 valence electrons. The number of nitrogens with two attached hydrogens (primary N) is 1. The van der Waals surface area contributed by atoms with Gasteiger partial charge in [-0.05, 0) is 6.42 Å². The van der Waals surface area contributed by atoms with E-state index in [4.69, 9.17) is 10.8 Å². The van der Waals surface area contributed by atoms with Crippen molar-refractivity contribution in [2.45, 2.75) is 25.3 Å². The fourth-order valence-corrected chi connectivity index (χ4v) is 0.393. The normalized spacial score (nSPS) is 15.7. The number of rotatable bonds is 3. The van der Waals surface area contributed by atoms with Gasteiger partial charge in [0.05, 0.1) is 6.04 Å². The first-order chi connectivity index (χ1) is 3.98. The molecule has 0 amide bonds. The lowest BCUT2D eigenvalue weighted by molar-refractivity contribution is -0.0122. The van der Waals surface area contributed by atoms with Gasteiger partial charge in [0, 0.05) is 13.5 Å². The number of hydrogen-bond acceptors (Lipinski definition) is 2. The highest BCUT2D eigenvalue weighted by molar-refractivity contribution is 4.74. The minimum absolute atomic E-state index is 0.0521. The Bertz CT molecular complexity index is 81.5. The van der Waals surface area contributed by atoms with Crippen LogP contribution in [0, 0.1) is 0 Å². The molecule has 0 aromatic heterocycles. The van der Waals surface area contributed by atoms with Crippen LogP contribution < -0.4 is 5.73 Å². The molecule has 0 aliphatic carbocycles. The summed E-state index contributed by atoms with van der Waals surface area (Å²) in [5.74, 6) is -2.87. The molecule has 9 heavy (non-hydrogen) atoms. The molecular formula is C5H11F2NO. The van der Waals surface area contributed by atoms with Crippen molar-refractivity contribution in [3.05, 3.63) is 0 Å². The highest BCUT2D eigenvalue weighted by atomic mass is 19.3. The second kappa shape index (κ2) is 3.08. The molecule has 0 spiro atoms. The molecule has 0 radical (unpaired) electrons. The van der Waals surface area contributed by atoms with Gasteiger partial charge in [-0.2, -0.15) is 0 Å². The zero-order valence-electron chi connectivity index (χ0n) is 5.27. The SMILES string of the molecule is CC(F)(F)C(N)CCO. The molecule has 0 saturated carbocycles. The summed E-state index contributed by atoms with van der Waals surface area (Å²) in [6, 6.07) is -1.22. The van der Waals surface area contributed by atoms with E-state index in [-0.39, 0.29) is 13.0 Å². The molecular weight excluding hydrogens is 128 g/mol. The quantitative estimate of drug-likeness (QED) is 0.592. The van der Waals surface area contributed by atoms with E-state index in [0.29, 0.717) is 0 Å². The fraction of sp³-hybridized carbons (Fsp3) is 1.00. The first-order valence-corrected chi connectivity index (χ1v) is 2.72. The molecule has 0 bridgehead atoms. The van der Waals surface area contributed by atoms with Crippen molar-refractivity contribution in [3.8, 4) is 0 Å². The van der Waals surface area contributed by atoms with Crippen LogP contribution in [0.3, 0.4) is 0 Å². The minimum atomic E-state index is -2.87. The van der Waals surface area contributed by atoms with Crippen LogP contribution in [-0.2, 0) is 0 Å². The van der Waals surface area contributed by atoms with Crippen LogP contribution in [0.4, 0.5) is 8.78 Å². The van der Waals surface area contributed by atoms with Crippen LogP contribution in [0.5, 0.6) is 0 Å². The van der Waals surface area contributed by atoms with Crippen molar-refractivity contribution in [1.29, 1.82) is 0 Å². The molecule has 4 heteroatoms. The van der Waals surface area contributed by atoms with Gasteiger partial charge in [-0.3, -0.25) is 0 Å². The summed E-state index contributed by atoms with van der Waals surface area (Å²) in [5, 5.41) is 8.19. The summed E-state index contributed by atoms with van der Waals surface area (Å²) in [6.07, 6.45) is -0.0521. The number of halogens is 2. The van der Waals surface area contributed by atoms with Gasteiger partial charge >= 0.3 is 0 Å². The van der Waals surface area contributed by atoms with E-state index in [1.54, 1.807) is 0 Å². The maximum atomic E-state index is 12.1. The predicted octanol–water partition coefficient (Wildman–Crippen LogP) is 0.351. The number of alkyl halides is 2. The lowest BCUT2D eigenvalue weighted by Crippen LogP contribution is -2.38. The Balaban J connectivity index is 3.59. The molecule has 0 aliphatic heterocycles. The van der Waals surface area contributed by atoms with Crippen molar-refractivity contribution < 1.29 is 13.9 Å². The van der Waals surface area contributed by atoms with Crippen LogP contribution in [0.1, 0.15) is 13.3 Å². The predicted molar refractivity (Wildman–Crippen MR) is 30.3 cm³/mol. The van der Waals surface area contributed by atoms with Gasteiger partial charge in [0.2, 0.25) is 0 Å². The molecule has 0 aromatic carbocycles. The van der Waals surface area contributed by atoms with Crippen molar-refractivity contribution in [3.63, 3.8) is 0 Å². The van der Waals surface area contributed by atoms with Crippen molar-refractivity contribution in [2.75, 3.05) is 6.61 Å². The third-order valence-electron chi connectivity index (χ3n) is 1.09. The van der Waals surface area contributed by atoms with Crippen molar-refractivity contribution in [2.24, 2.45) is 5.73 Å². The summed E-state index contributed by atoms with van der Waals surface area (Å²) in [6.45, 7) is 0.456. The average Bonchev–Trinajstić information content (AvgIpc) is 1.64. The van der Waals surface area contributed by atoms with E-state index in [1.165, 1.54) is 0 Å². The maximum absolute atomic E-state index is 12.1. The summed E-state index contributed by atoms with van der Waals surface area (Å²) in [5.41, 5.74) is 4.95. The Labute approximate surface area is 52.7 Å². The van der Waals surface area contributed by atoms with E-state index < -0.39 is 12.0 Å². The first-order valence-electron chi connectivity index (χ1n) is 2.72. The number of aliphatic hydroxyl groups excluding tert-OH is 1. The Kier molecular flexibility index (Phi) is 3.00. The number of hydrogen-bond donors (Lipinski definition) is 2. The summed E-state index contributed by atoms with van der Waals surface area (Å²) in [4.78, 5) is 0. The van der Waals surface area contributed by atoms with Crippen LogP contribution in [0.25, 0.3) is 0 Å². The summed E-state index contributed by atoms with van der Waals surface area (Å²) >= 11 is 0. The molecule has 0 saturated heterocycles. The van der Waals surface area contributed by atoms with E-state index in [2.05, 4.69) is 0 Å². The van der Waals surface area contributed by atoms with Crippen LogP contribution in [-0.4, -0.2) is 23.7 Å². The van der Waals surface area contributed by atoms with E-state index >= 15 is 0 Å². The van der Waals surface area contributed by atoms with Gasteiger partial charge in [0.25, 0.3) is 5.92 Å². The summed E-state index contributed by atoms with van der Waals surface area (Å²) in [7, 11) is 0.